The fraction of sp³-hybridized carbons (Fsp3) is 0.727. The zero-order valence-electron chi connectivity index (χ0n) is 9.98. The highest BCUT2D eigenvalue weighted by Crippen LogP contribution is 2.26. The van der Waals surface area contributed by atoms with Gasteiger partial charge in [-0.2, -0.15) is 0 Å². The van der Waals surface area contributed by atoms with Crippen LogP contribution in [0.25, 0.3) is 0 Å². The Labute approximate surface area is 99.9 Å². The lowest BCUT2D eigenvalue weighted by molar-refractivity contribution is 0.0910. The minimum Gasteiger partial charge on any atom is -0.379 e. The van der Waals surface area contributed by atoms with Crippen molar-refractivity contribution in [3.8, 4) is 0 Å². The summed E-state index contributed by atoms with van der Waals surface area (Å²) in [5, 5.41) is 9.83. The van der Waals surface area contributed by atoms with Crippen LogP contribution in [-0.2, 0) is 0 Å². The van der Waals surface area contributed by atoms with Gasteiger partial charge in [0.15, 0.2) is 0 Å². The molecule has 1 fully saturated rings. The average Bonchev–Trinajstić information content (AvgIpc) is 2.76. The summed E-state index contributed by atoms with van der Waals surface area (Å²) in [5.41, 5.74) is 5.56. The predicted octanol–water partition coefficient (Wildman–Crippen LogP) is 1.35. The van der Waals surface area contributed by atoms with Crippen LogP contribution in [0.5, 0.6) is 0 Å². The summed E-state index contributed by atoms with van der Waals surface area (Å²) in [4.78, 5) is 11.8. The first-order valence-electron chi connectivity index (χ1n) is 6.09. The van der Waals surface area contributed by atoms with Gasteiger partial charge in [-0.05, 0) is 29.1 Å². The van der Waals surface area contributed by atoms with Crippen molar-refractivity contribution in [1.82, 2.24) is 15.6 Å². The van der Waals surface area contributed by atoms with E-state index in [0.717, 1.165) is 19.3 Å². The number of amides is 1. The highest BCUT2D eigenvalue weighted by molar-refractivity contribution is 5.96. The summed E-state index contributed by atoms with van der Waals surface area (Å²) in [6.45, 7) is 2.19. The van der Waals surface area contributed by atoms with E-state index in [4.69, 9.17) is 5.73 Å². The molecule has 17 heavy (non-hydrogen) atoms. The van der Waals surface area contributed by atoms with Gasteiger partial charge in [-0.1, -0.05) is 26.2 Å². The lowest BCUT2D eigenvalue weighted by Crippen LogP contribution is -2.38. The molecule has 1 aliphatic carbocycles. The lowest BCUT2D eigenvalue weighted by atomic mass is 9.84. The molecular weight excluding hydrogens is 220 g/mol. The Bertz CT molecular complexity index is 391. The largest absolute Gasteiger partial charge is 0.379 e. The van der Waals surface area contributed by atoms with Crippen LogP contribution >= 0.6 is 0 Å². The molecule has 6 heteroatoms. The summed E-state index contributed by atoms with van der Waals surface area (Å²) in [7, 11) is 0. The summed E-state index contributed by atoms with van der Waals surface area (Å²) in [6.07, 6.45) is 5.65. The van der Waals surface area contributed by atoms with Gasteiger partial charge in [0.1, 0.15) is 0 Å². The van der Waals surface area contributed by atoms with Crippen LogP contribution in [-0.4, -0.2) is 22.3 Å². The van der Waals surface area contributed by atoms with E-state index in [-0.39, 0.29) is 23.5 Å². The van der Waals surface area contributed by atoms with Crippen LogP contribution in [0.1, 0.15) is 49.5 Å². The Balaban J connectivity index is 1.93. The average molecular weight is 238 g/mol. The number of hydrogen-bond acceptors (Lipinski definition) is 5. The van der Waals surface area contributed by atoms with Gasteiger partial charge in [-0.25, -0.2) is 4.63 Å². The Morgan fingerprint density at radius 1 is 1.53 bits per heavy atom. The normalized spacial score (nSPS) is 24.5. The number of aromatic nitrogens is 2. The molecular formula is C11H18N4O2. The zero-order chi connectivity index (χ0) is 12.3. The fourth-order valence-electron chi connectivity index (χ4n) is 2.40. The van der Waals surface area contributed by atoms with E-state index in [2.05, 4.69) is 27.2 Å². The topological polar surface area (TPSA) is 94.0 Å². The Kier molecular flexibility index (Phi) is 3.61. The van der Waals surface area contributed by atoms with Crippen molar-refractivity contribution in [2.24, 2.45) is 5.92 Å². The smallest absolute Gasteiger partial charge is 0.277 e. The lowest BCUT2D eigenvalue weighted by Gasteiger charge is -2.28. The van der Waals surface area contributed by atoms with Gasteiger partial charge in [-0.3, -0.25) is 4.79 Å². The predicted molar refractivity (Wildman–Crippen MR) is 62.2 cm³/mol. The number of hydrogen-bond donors (Lipinski definition) is 2. The molecule has 2 unspecified atom stereocenters. The van der Waals surface area contributed by atoms with Crippen molar-refractivity contribution in [3.05, 3.63) is 5.69 Å². The van der Waals surface area contributed by atoms with Crippen LogP contribution < -0.4 is 11.1 Å². The first kappa shape index (κ1) is 11.9. The molecule has 0 radical (unpaired) electrons. The molecule has 1 saturated carbocycles. The molecule has 1 amide bonds. The molecule has 0 saturated heterocycles. The van der Waals surface area contributed by atoms with E-state index in [1.165, 1.54) is 12.8 Å². The van der Waals surface area contributed by atoms with Crippen molar-refractivity contribution in [1.29, 1.82) is 0 Å². The highest BCUT2D eigenvalue weighted by atomic mass is 16.6. The van der Waals surface area contributed by atoms with Crippen LogP contribution in [0.15, 0.2) is 4.63 Å². The molecule has 2 rings (SSSR count). The van der Waals surface area contributed by atoms with E-state index in [9.17, 15) is 4.79 Å². The van der Waals surface area contributed by atoms with Gasteiger partial charge in [-0.15, -0.1) is 0 Å². The van der Waals surface area contributed by atoms with Crippen LogP contribution in [0.3, 0.4) is 0 Å². The zero-order valence-corrected chi connectivity index (χ0v) is 9.98. The van der Waals surface area contributed by atoms with Crippen molar-refractivity contribution < 1.29 is 9.42 Å². The molecule has 3 N–H and O–H groups in total. The SMILES string of the molecule is CCC1CCCC(NC(=O)c2nonc2N)C1. The second-order valence-corrected chi connectivity index (χ2v) is 4.61. The number of carbonyl (C=O) groups excluding carboxylic acids is 1. The van der Waals surface area contributed by atoms with E-state index in [0.29, 0.717) is 5.92 Å². The number of nitrogen functional groups attached to an aromatic ring is 1. The van der Waals surface area contributed by atoms with E-state index in [1.807, 2.05) is 0 Å². The Morgan fingerprint density at radius 2 is 2.35 bits per heavy atom. The minimum atomic E-state index is -0.287. The van der Waals surface area contributed by atoms with Crippen molar-refractivity contribution in [3.63, 3.8) is 0 Å². The third kappa shape index (κ3) is 2.75. The standard InChI is InChI=1S/C11H18N4O2/c1-2-7-4-3-5-8(6-7)13-11(16)9-10(12)15-17-14-9/h7-8H,2-6H2,1H3,(H2,12,15)(H,13,16). The third-order valence-electron chi connectivity index (χ3n) is 3.42. The van der Waals surface area contributed by atoms with Crippen LogP contribution in [0, 0.1) is 5.92 Å². The molecule has 0 bridgehead atoms. The second kappa shape index (κ2) is 5.16. The first-order chi connectivity index (χ1) is 8.20. The van der Waals surface area contributed by atoms with Gasteiger partial charge in [0.25, 0.3) is 5.91 Å². The van der Waals surface area contributed by atoms with E-state index in [1.54, 1.807) is 0 Å². The molecule has 0 aromatic carbocycles. The number of anilines is 1. The maximum Gasteiger partial charge on any atom is 0.277 e. The quantitative estimate of drug-likeness (QED) is 0.829. The maximum atomic E-state index is 11.8. The Morgan fingerprint density at radius 3 is 3.00 bits per heavy atom. The molecule has 1 heterocycles. The van der Waals surface area contributed by atoms with Crippen molar-refractivity contribution in [2.45, 2.75) is 45.1 Å². The molecule has 1 aromatic heterocycles. The molecule has 2 atom stereocenters. The van der Waals surface area contributed by atoms with Crippen molar-refractivity contribution >= 4 is 11.7 Å². The fourth-order valence-corrected chi connectivity index (χ4v) is 2.40. The Hall–Kier alpha value is -1.59. The molecule has 94 valence electrons. The van der Waals surface area contributed by atoms with Gasteiger partial charge in [0.05, 0.1) is 0 Å². The van der Waals surface area contributed by atoms with Gasteiger partial charge in [0, 0.05) is 6.04 Å². The van der Waals surface area contributed by atoms with Crippen molar-refractivity contribution in [2.75, 3.05) is 5.73 Å². The molecule has 1 aromatic rings. The van der Waals surface area contributed by atoms with Crippen LogP contribution in [0.2, 0.25) is 0 Å². The summed E-state index contributed by atoms with van der Waals surface area (Å²) in [6, 6.07) is 0.220. The monoisotopic (exact) mass is 238 g/mol. The second-order valence-electron chi connectivity index (χ2n) is 4.61. The number of nitrogens with zero attached hydrogens (tertiary/aromatic N) is 2. The number of carbonyl (C=O) groups is 1. The van der Waals surface area contributed by atoms with Crippen LogP contribution in [0.4, 0.5) is 5.82 Å². The van der Waals surface area contributed by atoms with Gasteiger partial charge < -0.3 is 11.1 Å². The molecule has 0 spiro atoms. The van der Waals surface area contributed by atoms with E-state index < -0.39 is 0 Å². The number of nitrogens with one attached hydrogen (secondary N) is 1. The molecule has 6 nitrogen and oxygen atoms in total. The van der Waals surface area contributed by atoms with Gasteiger partial charge >= 0.3 is 0 Å². The third-order valence-corrected chi connectivity index (χ3v) is 3.42. The summed E-state index contributed by atoms with van der Waals surface area (Å²) < 4.78 is 4.41. The summed E-state index contributed by atoms with van der Waals surface area (Å²) in [5.74, 6) is 0.470. The van der Waals surface area contributed by atoms with E-state index >= 15 is 0 Å². The molecule has 0 aliphatic heterocycles. The first-order valence-corrected chi connectivity index (χ1v) is 6.09. The van der Waals surface area contributed by atoms with Gasteiger partial charge in [0.2, 0.25) is 11.5 Å². The maximum absolute atomic E-state index is 11.8. The minimum absolute atomic E-state index is 0.0466. The molecule has 1 aliphatic rings. The highest BCUT2D eigenvalue weighted by Gasteiger charge is 2.24. The number of rotatable bonds is 3. The summed E-state index contributed by atoms with van der Waals surface area (Å²) >= 11 is 0. The number of nitrogens with two attached hydrogens (primary N) is 1.